The summed E-state index contributed by atoms with van der Waals surface area (Å²) < 4.78 is 0. The summed E-state index contributed by atoms with van der Waals surface area (Å²) in [7, 11) is 0. The number of rotatable bonds is 9. The quantitative estimate of drug-likeness (QED) is 0.313. The van der Waals surface area contributed by atoms with Gasteiger partial charge in [0.15, 0.2) is 0 Å². The monoisotopic (exact) mass is 372 g/mol. The van der Waals surface area contributed by atoms with Gasteiger partial charge in [-0.25, -0.2) is 0 Å². The van der Waals surface area contributed by atoms with Gasteiger partial charge in [0.2, 0.25) is 17.7 Å². The number of carboxylic acid groups (broad SMARTS) is 1. The van der Waals surface area contributed by atoms with E-state index in [1.807, 2.05) is 6.92 Å². The van der Waals surface area contributed by atoms with Crippen LogP contribution < -0.4 is 16.4 Å². The molecule has 1 saturated heterocycles. The van der Waals surface area contributed by atoms with E-state index in [-0.39, 0.29) is 5.92 Å². The number of likely N-dealkylation sites (tertiary alicyclic amines) is 1. The molecular formula is C16H28N4O6. The second-order valence-corrected chi connectivity index (χ2v) is 6.46. The molecule has 148 valence electrons. The Bertz CT molecular complexity index is 541. The number of aliphatic hydroxyl groups excluding tert-OH is 1. The molecule has 0 aromatic rings. The highest BCUT2D eigenvalue weighted by molar-refractivity contribution is 5.94. The third-order valence-electron chi connectivity index (χ3n) is 4.56. The lowest BCUT2D eigenvalue weighted by atomic mass is 9.97. The third-order valence-corrected chi connectivity index (χ3v) is 4.56. The molecule has 26 heavy (non-hydrogen) atoms. The van der Waals surface area contributed by atoms with Crippen LogP contribution in [0.2, 0.25) is 0 Å². The summed E-state index contributed by atoms with van der Waals surface area (Å²) in [5.74, 6) is -2.99. The Hall–Kier alpha value is -2.20. The summed E-state index contributed by atoms with van der Waals surface area (Å²) in [5.41, 5.74) is 5.55. The van der Waals surface area contributed by atoms with Crippen molar-refractivity contribution in [3.63, 3.8) is 0 Å². The number of carbonyl (C=O) groups is 4. The standard InChI is InChI=1S/C16H28N4O6/c1-3-9(2)13(15(25)18-7-12(22)23)19-14(24)11-5-4-6-20(11)16(26)10(17)8-21/h9-11,13,21H,3-8,17H2,1-2H3,(H,18,25)(H,19,24)(H,22,23). The fourth-order valence-corrected chi connectivity index (χ4v) is 2.82. The van der Waals surface area contributed by atoms with Crippen LogP contribution in [-0.4, -0.2) is 76.6 Å². The fraction of sp³-hybridized carbons (Fsp3) is 0.750. The van der Waals surface area contributed by atoms with Crippen molar-refractivity contribution in [2.45, 2.75) is 51.2 Å². The molecule has 1 aliphatic heterocycles. The lowest BCUT2D eigenvalue weighted by molar-refractivity contribution is -0.142. The minimum Gasteiger partial charge on any atom is -0.480 e. The summed E-state index contributed by atoms with van der Waals surface area (Å²) in [5, 5.41) is 22.6. The van der Waals surface area contributed by atoms with Crippen molar-refractivity contribution in [2.24, 2.45) is 11.7 Å². The summed E-state index contributed by atoms with van der Waals surface area (Å²) in [6.45, 7) is 2.91. The van der Waals surface area contributed by atoms with E-state index in [9.17, 15) is 19.2 Å². The summed E-state index contributed by atoms with van der Waals surface area (Å²) in [6.07, 6.45) is 1.63. The van der Waals surface area contributed by atoms with Crippen molar-refractivity contribution in [3.05, 3.63) is 0 Å². The highest BCUT2D eigenvalue weighted by Gasteiger charge is 2.38. The van der Waals surface area contributed by atoms with Crippen molar-refractivity contribution in [2.75, 3.05) is 19.7 Å². The van der Waals surface area contributed by atoms with Gasteiger partial charge in [0.05, 0.1) is 6.61 Å². The number of aliphatic carboxylic acids is 1. The molecule has 0 radical (unpaired) electrons. The number of nitrogens with one attached hydrogen (secondary N) is 2. The number of aliphatic hydroxyl groups is 1. The molecule has 0 spiro atoms. The number of nitrogens with zero attached hydrogens (tertiary/aromatic N) is 1. The first kappa shape index (κ1) is 21.8. The maximum atomic E-state index is 12.6. The van der Waals surface area contributed by atoms with Gasteiger partial charge in [-0.15, -0.1) is 0 Å². The summed E-state index contributed by atoms with van der Waals surface area (Å²) >= 11 is 0. The largest absolute Gasteiger partial charge is 0.480 e. The minimum atomic E-state index is -1.18. The first-order chi connectivity index (χ1) is 12.2. The van der Waals surface area contributed by atoms with Crippen LogP contribution in [0, 0.1) is 5.92 Å². The fourth-order valence-electron chi connectivity index (χ4n) is 2.82. The third kappa shape index (κ3) is 5.67. The Kier molecular flexibility index (Phi) is 8.46. The second kappa shape index (κ2) is 10.1. The molecule has 1 fully saturated rings. The first-order valence-corrected chi connectivity index (χ1v) is 8.69. The molecule has 6 N–H and O–H groups in total. The Balaban J connectivity index is 2.83. The molecule has 4 unspecified atom stereocenters. The minimum absolute atomic E-state index is 0.224. The Morgan fingerprint density at radius 1 is 1.31 bits per heavy atom. The number of nitrogens with two attached hydrogens (primary N) is 1. The average Bonchev–Trinajstić information content (AvgIpc) is 3.11. The Morgan fingerprint density at radius 2 is 1.96 bits per heavy atom. The van der Waals surface area contributed by atoms with Gasteiger partial charge < -0.3 is 31.5 Å². The van der Waals surface area contributed by atoms with Crippen LogP contribution in [0.4, 0.5) is 0 Å². The molecule has 1 heterocycles. The molecule has 0 saturated carbocycles. The van der Waals surface area contributed by atoms with Crippen molar-refractivity contribution in [3.8, 4) is 0 Å². The molecule has 10 nitrogen and oxygen atoms in total. The number of hydrogen-bond donors (Lipinski definition) is 5. The SMILES string of the molecule is CCC(C)C(NC(=O)C1CCCN1C(=O)C(N)CO)C(=O)NCC(=O)O. The zero-order valence-electron chi connectivity index (χ0n) is 15.1. The lowest BCUT2D eigenvalue weighted by Gasteiger charge is -2.29. The molecule has 4 atom stereocenters. The lowest BCUT2D eigenvalue weighted by Crippen LogP contribution is -2.57. The van der Waals surface area contributed by atoms with Crippen molar-refractivity contribution in [1.29, 1.82) is 0 Å². The molecule has 0 aromatic carbocycles. The van der Waals surface area contributed by atoms with Crippen LogP contribution in [0.5, 0.6) is 0 Å². The van der Waals surface area contributed by atoms with Gasteiger partial charge in [0.25, 0.3) is 0 Å². The summed E-state index contributed by atoms with van der Waals surface area (Å²) in [6, 6.07) is -2.76. The summed E-state index contributed by atoms with van der Waals surface area (Å²) in [4.78, 5) is 49.0. The second-order valence-electron chi connectivity index (χ2n) is 6.46. The van der Waals surface area contributed by atoms with E-state index in [1.54, 1.807) is 6.92 Å². The van der Waals surface area contributed by atoms with Crippen LogP contribution in [0.3, 0.4) is 0 Å². The van der Waals surface area contributed by atoms with E-state index in [2.05, 4.69) is 10.6 Å². The molecule has 3 amide bonds. The smallest absolute Gasteiger partial charge is 0.322 e. The maximum Gasteiger partial charge on any atom is 0.322 e. The molecule has 0 aliphatic carbocycles. The van der Waals surface area contributed by atoms with Gasteiger partial charge in [0, 0.05) is 6.54 Å². The maximum absolute atomic E-state index is 12.6. The van der Waals surface area contributed by atoms with Gasteiger partial charge in [-0.3, -0.25) is 19.2 Å². The van der Waals surface area contributed by atoms with Gasteiger partial charge in [-0.2, -0.15) is 0 Å². The molecule has 10 heteroatoms. The van der Waals surface area contributed by atoms with E-state index >= 15 is 0 Å². The van der Waals surface area contributed by atoms with Crippen LogP contribution in [-0.2, 0) is 19.2 Å². The molecule has 1 rings (SSSR count). The average molecular weight is 372 g/mol. The van der Waals surface area contributed by atoms with E-state index in [0.717, 1.165) is 0 Å². The van der Waals surface area contributed by atoms with E-state index in [0.29, 0.717) is 25.8 Å². The number of carbonyl (C=O) groups excluding carboxylic acids is 3. The van der Waals surface area contributed by atoms with Crippen molar-refractivity contribution in [1.82, 2.24) is 15.5 Å². The number of amides is 3. The normalized spacial score (nSPS) is 20.2. The predicted octanol–water partition coefficient (Wildman–Crippen LogP) is -1.97. The zero-order valence-corrected chi connectivity index (χ0v) is 15.1. The van der Waals surface area contributed by atoms with E-state index in [1.165, 1.54) is 4.90 Å². The number of carboxylic acids is 1. The molecular weight excluding hydrogens is 344 g/mol. The van der Waals surface area contributed by atoms with Gasteiger partial charge >= 0.3 is 5.97 Å². The van der Waals surface area contributed by atoms with Crippen molar-refractivity contribution < 1.29 is 29.4 Å². The van der Waals surface area contributed by atoms with E-state index < -0.39 is 55.0 Å². The number of hydrogen-bond acceptors (Lipinski definition) is 6. The van der Waals surface area contributed by atoms with Crippen LogP contribution in [0.15, 0.2) is 0 Å². The first-order valence-electron chi connectivity index (χ1n) is 8.69. The van der Waals surface area contributed by atoms with E-state index in [4.69, 9.17) is 15.9 Å². The highest BCUT2D eigenvalue weighted by atomic mass is 16.4. The predicted molar refractivity (Wildman–Crippen MR) is 91.8 cm³/mol. The zero-order chi connectivity index (χ0) is 19.9. The van der Waals surface area contributed by atoms with Gasteiger partial charge in [0.1, 0.15) is 24.7 Å². The highest BCUT2D eigenvalue weighted by Crippen LogP contribution is 2.19. The van der Waals surface area contributed by atoms with Gasteiger partial charge in [-0.05, 0) is 18.8 Å². The molecule has 1 aliphatic rings. The van der Waals surface area contributed by atoms with Crippen LogP contribution in [0.25, 0.3) is 0 Å². The Labute approximate surface area is 152 Å². The van der Waals surface area contributed by atoms with Crippen LogP contribution in [0.1, 0.15) is 33.1 Å². The topological polar surface area (TPSA) is 162 Å². The molecule has 0 bridgehead atoms. The van der Waals surface area contributed by atoms with Crippen molar-refractivity contribution >= 4 is 23.7 Å². The van der Waals surface area contributed by atoms with Gasteiger partial charge in [-0.1, -0.05) is 20.3 Å². The van der Waals surface area contributed by atoms with Crippen LogP contribution >= 0.6 is 0 Å². The Morgan fingerprint density at radius 3 is 2.50 bits per heavy atom. The molecule has 0 aromatic heterocycles.